The van der Waals surface area contributed by atoms with Crippen LogP contribution in [0.1, 0.15) is 37.2 Å². The fourth-order valence-electron chi connectivity index (χ4n) is 2.74. The molecule has 0 radical (unpaired) electrons. The summed E-state index contributed by atoms with van der Waals surface area (Å²) in [7, 11) is 1.75. The monoisotopic (exact) mass is 271 g/mol. The van der Waals surface area contributed by atoms with Crippen LogP contribution in [0.15, 0.2) is 16.9 Å². The topological polar surface area (TPSA) is 68.0 Å². The molecule has 0 unspecified atom stereocenters. The van der Waals surface area contributed by atoms with Crippen molar-refractivity contribution in [3.63, 3.8) is 0 Å². The lowest BCUT2D eigenvalue weighted by atomic mass is 9.96. The maximum atomic E-state index is 12.4. The summed E-state index contributed by atoms with van der Waals surface area (Å²) in [5, 5.41) is 10.4. The third-order valence-electron chi connectivity index (χ3n) is 3.81. The molecule has 104 valence electrons. The predicted molar refractivity (Wildman–Crippen MR) is 77.6 cm³/mol. The van der Waals surface area contributed by atoms with Gasteiger partial charge < -0.3 is 9.67 Å². The SMILES string of the molecule is Cc1nc(O)c2cc(C3=CCCCC3)n(C)c(=O)c2n1. The number of nitrogens with zero attached hydrogens (tertiary/aromatic N) is 3. The fourth-order valence-corrected chi connectivity index (χ4v) is 2.74. The molecule has 1 N–H and O–H groups in total. The van der Waals surface area contributed by atoms with Crippen LogP contribution in [0.25, 0.3) is 16.5 Å². The molecule has 0 amide bonds. The molecule has 5 nitrogen and oxygen atoms in total. The Balaban J connectivity index is 2.33. The highest BCUT2D eigenvalue weighted by molar-refractivity contribution is 5.85. The van der Waals surface area contributed by atoms with Gasteiger partial charge in [-0.25, -0.2) is 4.98 Å². The van der Waals surface area contributed by atoms with Crippen LogP contribution in [-0.4, -0.2) is 19.6 Å². The molecule has 2 aromatic heterocycles. The van der Waals surface area contributed by atoms with E-state index in [4.69, 9.17) is 0 Å². The molecule has 0 spiro atoms. The normalized spacial score (nSPS) is 15.4. The standard InChI is InChI=1S/C15H17N3O2/c1-9-16-13-11(14(19)17-9)8-12(18(2)15(13)20)10-6-4-3-5-7-10/h6,8H,3-5,7H2,1-2H3,(H,16,17,19). The van der Waals surface area contributed by atoms with E-state index in [-0.39, 0.29) is 17.0 Å². The van der Waals surface area contributed by atoms with Gasteiger partial charge in [0.05, 0.1) is 5.39 Å². The second kappa shape index (κ2) is 4.74. The molecule has 0 aliphatic heterocycles. The lowest BCUT2D eigenvalue weighted by Gasteiger charge is -2.16. The summed E-state index contributed by atoms with van der Waals surface area (Å²) in [6.45, 7) is 1.66. The van der Waals surface area contributed by atoms with Crippen LogP contribution in [0.3, 0.4) is 0 Å². The van der Waals surface area contributed by atoms with E-state index in [2.05, 4.69) is 16.0 Å². The first-order chi connectivity index (χ1) is 9.58. The van der Waals surface area contributed by atoms with Gasteiger partial charge in [-0.3, -0.25) is 4.79 Å². The first-order valence-corrected chi connectivity index (χ1v) is 6.84. The third kappa shape index (κ3) is 1.99. The van der Waals surface area contributed by atoms with Gasteiger partial charge in [-0.05, 0) is 44.2 Å². The van der Waals surface area contributed by atoms with Crippen LogP contribution in [0, 0.1) is 6.92 Å². The Kier molecular flexibility index (Phi) is 3.04. The number of hydrogen-bond donors (Lipinski definition) is 1. The van der Waals surface area contributed by atoms with Gasteiger partial charge in [0.25, 0.3) is 5.56 Å². The van der Waals surface area contributed by atoms with E-state index in [0.717, 1.165) is 30.5 Å². The van der Waals surface area contributed by atoms with Crippen molar-refractivity contribution in [3.8, 4) is 5.88 Å². The van der Waals surface area contributed by atoms with E-state index in [1.54, 1.807) is 18.5 Å². The van der Waals surface area contributed by atoms with E-state index in [9.17, 15) is 9.90 Å². The molecular weight excluding hydrogens is 254 g/mol. The zero-order valence-corrected chi connectivity index (χ0v) is 11.7. The Bertz CT molecular complexity index is 775. The maximum absolute atomic E-state index is 12.4. The number of fused-ring (bicyclic) bond motifs is 1. The van der Waals surface area contributed by atoms with Crippen molar-refractivity contribution in [1.29, 1.82) is 0 Å². The number of aromatic nitrogens is 3. The van der Waals surface area contributed by atoms with E-state index in [1.807, 2.05) is 6.07 Å². The number of pyridine rings is 1. The molecule has 1 aliphatic rings. The van der Waals surface area contributed by atoms with Crippen molar-refractivity contribution in [2.75, 3.05) is 0 Å². The second-order valence-corrected chi connectivity index (χ2v) is 5.23. The van der Waals surface area contributed by atoms with Gasteiger partial charge in [0.15, 0.2) is 0 Å². The van der Waals surface area contributed by atoms with Gasteiger partial charge in [-0.15, -0.1) is 0 Å². The van der Waals surface area contributed by atoms with Gasteiger partial charge >= 0.3 is 0 Å². The molecule has 0 aromatic carbocycles. The second-order valence-electron chi connectivity index (χ2n) is 5.23. The van der Waals surface area contributed by atoms with Crippen LogP contribution in [-0.2, 0) is 7.05 Å². The van der Waals surface area contributed by atoms with Gasteiger partial charge in [0, 0.05) is 12.7 Å². The van der Waals surface area contributed by atoms with Crippen LogP contribution in [0.2, 0.25) is 0 Å². The Hall–Kier alpha value is -2.17. The number of rotatable bonds is 1. The summed E-state index contributed by atoms with van der Waals surface area (Å²) in [6.07, 6.45) is 6.51. The molecule has 0 saturated carbocycles. The lowest BCUT2D eigenvalue weighted by Crippen LogP contribution is -2.22. The van der Waals surface area contributed by atoms with Crippen molar-refractivity contribution in [3.05, 3.63) is 34.0 Å². The van der Waals surface area contributed by atoms with Gasteiger partial charge in [-0.1, -0.05) is 6.08 Å². The van der Waals surface area contributed by atoms with Crippen LogP contribution < -0.4 is 5.56 Å². The summed E-state index contributed by atoms with van der Waals surface area (Å²) >= 11 is 0. The lowest BCUT2D eigenvalue weighted by molar-refractivity contribution is 0.457. The first kappa shape index (κ1) is 12.8. The molecule has 2 aromatic rings. The zero-order chi connectivity index (χ0) is 14.3. The summed E-state index contributed by atoms with van der Waals surface area (Å²) in [6, 6.07) is 1.82. The number of hydrogen-bond acceptors (Lipinski definition) is 4. The van der Waals surface area contributed by atoms with E-state index < -0.39 is 0 Å². The smallest absolute Gasteiger partial charge is 0.277 e. The third-order valence-corrected chi connectivity index (χ3v) is 3.81. The quantitative estimate of drug-likeness (QED) is 0.864. The molecule has 3 rings (SSSR count). The van der Waals surface area contributed by atoms with Crippen molar-refractivity contribution < 1.29 is 5.11 Å². The highest BCUT2D eigenvalue weighted by atomic mass is 16.3. The van der Waals surface area contributed by atoms with Crippen molar-refractivity contribution in [2.45, 2.75) is 32.6 Å². The molecule has 1 aliphatic carbocycles. The minimum Gasteiger partial charge on any atom is -0.493 e. The molecule has 0 fully saturated rings. The van der Waals surface area contributed by atoms with Crippen LogP contribution in [0.4, 0.5) is 0 Å². The molecule has 5 heteroatoms. The largest absolute Gasteiger partial charge is 0.493 e. The highest BCUT2D eigenvalue weighted by Crippen LogP contribution is 2.28. The highest BCUT2D eigenvalue weighted by Gasteiger charge is 2.16. The molecular formula is C15H17N3O2. The minimum atomic E-state index is -0.190. The van der Waals surface area contributed by atoms with Gasteiger partial charge in [0.1, 0.15) is 11.3 Å². The fraction of sp³-hybridized carbons (Fsp3) is 0.400. The van der Waals surface area contributed by atoms with E-state index in [1.165, 1.54) is 6.42 Å². The molecule has 0 saturated heterocycles. The van der Waals surface area contributed by atoms with Crippen molar-refractivity contribution >= 4 is 16.5 Å². The Morgan fingerprint density at radius 2 is 2.10 bits per heavy atom. The van der Waals surface area contributed by atoms with Crippen LogP contribution >= 0.6 is 0 Å². The summed E-state index contributed by atoms with van der Waals surface area (Å²) in [5.41, 5.74) is 2.10. The van der Waals surface area contributed by atoms with Crippen LogP contribution in [0.5, 0.6) is 5.88 Å². The van der Waals surface area contributed by atoms with Crippen molar-refractivity contribution in [2.24, 2.45) is 7.05 Å². The Morgan fingerprint density at radius 1 is 1.30 bits per heavy atom. The summed E-state index contributed by atoms with van der Waals surface area (Å²) in [4.78, 5) is 20.5. The predicted octanol–water partition coefficient (Wildman–Crippen LogP) is 2.30. The summed E-state index contributed by atoms with van der Waals surface area (Å²) < 4.78 is 1.62. The average Bonchev–Trinajstić information content (AvgIpc) is 2.44. The zero-order valence-electron chi connectivity index (χ0n) is 11.7. The maximum Gasteiger partial charge on any atom is 0.277 e. The average molecular weight is 271 g/mol. The van der Waals surface area contributed by atoms with E-state index in [0.29, 0.717) is 11.2 Å². The van der Waals surface area contributed by atoms with Gasteiger partial charge in [0.2, 0.25) is 5.88 Å². The minimum absolute atomic E-state index is 0.122. The van der Waals surface area contributed by atoms with E-state index >= 15 is 0 Å². The van der Waals surface area contributed by atoms with Crippen molar-refractivity contribution in [1.82, 2.24) is 14.5 Å². The Morgan fingerprint density at radius 3 is 2.80 bits per heavy atom. The number of aromatic hydroxyl groups is 1. The number of aryl methyl sites for hydroxylation is 1. The summed E-state index contributed by atoms with van der Waals surface area (Å²) in [5.74, 6) is 0.277. The molecule has 0 atom stereocenters. The Labute approximate surface area is 116 Å². The number of allylic oxidation sites excluding steroid dienone is 2. The van der Waals surface area contributed by atoms with Gasteiger partial charge in [-0.2, -0.15) is 4.98 Å². The molecule has 20 heavy (non-hydrogen) atoms. The molecule has 0 bridgehead atoms. The first-order valence-electron chi connectivity index (χ1n) is 6.84. The molecule has 2 heterocycles.